The van der Waals surface area contributed by atoms with Crippen molar-refractivity contribution >= 4 is 7.82 Å². The molecule has 98 valence electrons. The molecule has 0 aliphatic rings. The van der Waals surface area contributed by atoms with E-state index in [0.29, 0.717) is 0 Å². The second-order valence-electron chi connectivity index (χ2n) is 3.05. The lowest BCUT2D eigenvalue weighted by atomic mass is 10.0. The Kier molecular flexibility index (Phi) is 6.56. The zero-order valence-corrected chi connectivity index (χ0v) is 9.01. The van der Waals surface area contributed by atoms with Crippen molar-refractivity contribution in [2.45, 2.75) is 24.4 Å². The van der Waals surface area contributed by atoms with E-state index in [1.54, 1.807) is 0 Å². The summed E-state index contributed by atoms with van der Waals surface area (Å²) in [4.78, 5) is 17.0. The molecule has 4 atom stereocenters. The van der Waals surface area contributed by atoms with E-state index >= 15 is 0 Å². The fraction of sp³-hybridized carbons (Fsp3) is 1.00. The van der Waals surface area contributed by atoms with Gasteiger partial charge in [-0.3, -0.25) is 4.52 Å². The summed E-state index contributed by atoms with van der Waals surface area (Å²) in [6.45, 7) is -1.85. The van der Waals surface area contributed by atoms with Crippen molar-refractivity contribution in [2.75, 3.05) is 13.2 Å². The molecule has 16 heavy (non-hydrogen) atoms. The summed E-state index contributed by atoms with van der Waals surface area (Å²) < 4.78 is 14.5. The van der Waals surface area contributed by atoms with Crippen molar-refractivity contribution in [1.82, 2.24) is 0 Å². The minimum Gasteiger partial charge on any atom is -0.394 e. The molecule has 9 nitrogen and oxygen atoms in total. The Morgan fingerprint density at radius 2 is 1.44 bits per heavy atom. The van der Waals surface area contributed by atoms with Crippen LogP contribution in [0, 0.1) is 0 Å². The highest BCUT2D eigenvalue weighted by Gasteiger charge is 2.37. The molecule has 0 unspecified atom stereocenters. The minimum atomic E-state index is -5.02. The number of phosphoric acid groups is 1. The van der Waals surface area contributed by atoms with Gasteiger partial charge in [0.25, 0.3) is 0 Å². The van der Waals surface area contributed by atoms with Gasteiger partial charge in [0.15, 0.2) is 0 Å². The molecule has 0 bridgehead atoms. The SMILES string of the molecule is O=P(O)(O)O[C@@H]([C@H](O)[C@@H](O)CO)[C@H](O)CO. The summed E-state index contributed by atoms with van der Waals surface area (Å²) in [5, 5.41) is 44.5. The third-order valence-electron chi connectivity index (χ3n) is 1.74. The number of hydrogen-bond donors (Lipinski definition) is 7. The van der Waals surface area contributed by atoms with Gasteiger partial charge in [0.05, 0.1) is 13.2 Å². The molecule has 0 spiro atoms. The van der Waals surface area contributed by atoms with Gasteiger partial charge in [0.1, 0.15) is 24.4 Å². The van der Waals surface area contributed by atoms with Crippen molar-refractivity contribution in [2.24, 2.45) is 0 Å². The molecular formula is C6H15O9P. The Morgan fingerprint density at radius 3 is 1.75 bits per heavy atom. The predicted molar refractivity (Wildman–Crippen MR) is 49.1 cm³/mol. The summed E-state index contributed by atoms with van der Waals surface area (Å²) in [5.41, 5.74) is 0. The average Bonchev–Trinajstić information content (AvgIpc) is 2.21. The van der Waals surface area contributed by atoms with Crippen LogP contribution < -0.4 is 0 Å². The zero-order chi connectivity index (χ0) is 12.9. The van der Waals surface area contributed by atoms with E-state index < -0.39 is 45.5 Å². The van der Waals surface area contributed by atoms with Crippen molar-refractivity contribution in [3.8, 4) is 0 Å². The van der Waals surface area contributed by atoms with Crippen LogP contribution in [-0.2, 0) is 9.09 Å². The highest BCUT2D eigenvalue weighted by atomic mass is 31.2. The lowest BCUT2D eigenvalue weighted by Crippen LogP contribution is -2.48. The first kappa shape index (κ1) is 15.9. The first-order valence-electron chi connectivity index (χ1n) is 4.22. The highest BCUT2D eigenvalue weighted by molar-refractivity contribution is 7.46. The van der Waals surface area contributed by atoms with Crippen LogP contribution in [0.4, 0.5) is 0 Å². The van der Waals surface area contributed by atoms with Crippen molar-refractivity contribution < 1.29 is 44.4 Å². The lowest BCUT2D eigenvalue weighted by Gasteiger charge is -2.28. The van der Waals surface area contributed by atoms with Gasteiger partial charge in [-0.2, -0.15) is 0 Å². The second kappa shape index (κ2) is 6.60. The monoisotopic (exact) mass is 262 g/mol. The van der Waals surface area contributed by atoms with E-state index in [2.05, 4.69) is 4.52 Å². The van der Waals surface area contributed by atoms with Gasteiger partial charge in [-0.05, 0) is 0 Å². The molecule has 0 radical (unpaired) electrons. The Morgan fingerprint density at radius 1 is 1.00 bits per heavy atom. The van der Waals surface area contributed by atoms with Gasteiger partial charge in [0, 0.05) is 0 Å². The van der Waals surface area contributed by atoms with Gasteiger partial charge >= 0.3 is 7.82 Å². The molecule has 0 heterocycles. The fourth-order valence-electron chi connectivity index (χ4n) is 0.950. The Bertz CT molecular complexity index is 240. The van der Waals surface area contributed by atoms with Crippen LogP contribution in [0.25, 0.3) is 0 Å². The van der Waals surface area contributed by atoms with E-state index in [0.717, 1.165) is 0 Å². The van der Waals surface area contributed by atoms with Gasteiger partial charge in [-0.15, -0.1) is 0 Å². The summed E-state index contributed by atoms with van der Waals surface area (Å²) in [6.07, 6.45) is -7.46. The summed E-state index contributed by atoms with van der Waals surface area (Å²) >= 11 is 0. The van der Waals surface area contributed by atoms with Crippen LogP contribution in [0.5, 0.6) is 0 Å². The summed E-state index contributed by atoms with van der Waals surface area (Å²) in [6, 6.07) is 0. The Labute approximate surface area is 90.8 Å². The van der Waals surface area contributed by atoms with Crippen LogP contribution >= 0.6 is 7.82 Å². The molecule has 7 N–H and O–H groups in total. The Balaban J connectivity index is 4.73. The quantitative estimate of drug-likeness (QED) is 0.230. The van der Waals surface area contributed by atoms with Crippen molar-refractivity contribution in [3.05, 3.63) is 0 Å². The maximum absolute atomic E-state index is 10.5. The van der Waals surface area contributed by atoms with Crippen molar-refractivity contribution in [1.29, 1.82) is 0 Å². The first-order chi connectivity index (χ1) is 7.22. The largest absolute Gasteiger partial charge is 0.470 e. The lowest BCUT2D eigenvalue weighted by molar-refractivity contribution is -0.119. The van der Waals surface area contributed by atoms with Crippen LogP contribution in [0.3, 0.4) is 0 Å². The van der Waals surface area contributed by atoms with E-state index in [1.807, 2.05) is 0 Å². The van der Waals surface area contributed by atoms with Crippen LogP contribution in [-0.4, -0.2) is 72.9 Å². The summed E-state index contributed by atoms with van der Waals surface area (Å²) in [7, 11) is -5.02. The highest BCUT2D eigenvalue weighted by Crippen LogP contribution is 2.39. The van der Waals surface area contributed by atoms with Gasteiger partial charge in [-0.1, -0.05) is 0 Å². The molecular weight excluding hydrogens is 247 g/mol. The van der Waals surface area contributed by atoms with E-state index in [-0.39, 0.29) is 0 Å². The number of phosphoric ester groups is 1. The number of aliphatic hydroxyl groups is 5. The zero-order valence-electron chi connectivity index (χ0n) is 8.12. The smallest absolute Gasteiger partial charge is 0.394 e. The van der Waals surface area contributed by atoms with Crippen molar-refractivity contribution in [3.63, 3.8) is 0 Å². The topological polar surface area (TPSA) is 168 Å². The third-order valence-corrected chi connectivity index (χ3v) is 2.26. The first-order valence-corrected chi connectivity index (χ1v) is 5.75. The number of rotatable bonds is 7. The molecule has 0 aromatic carbocycles. The van der Waals surface area contributed by atoms with Gasteiger partial charge < -0.3 is 35.3 Å². The number of aliphatic hydroxyl groups excluding tert-OH is 5. The standard InChI is InChI=1S/C6H15O9P/c7-1-3(9)5(11)6(4(10)2-8)15-16(12,13)14/h3-11H,1-2H2,(H2,12,13,14)/t3-,4+,5+,6+/m0/s1. The third kappa shape index (κ3) is 5.30. The maximum atomic E-state index is 10.5. The molecule has 0 aliphatic carbocycles. The normalized spacial score (nSPS) is 20.2. The molecule has 0 saturated carbocycles. The van der Waals surface area contributed by atoms with E-state index in [9.17, 15) is 9.67 Å². The molecule has 0 aromatic heterocycles. The second-order valence-corrected chi connectivity index (χ2v) is 4.24. The van der Waals surface area contributed by atoms with Crippen LogP contribution in [0.15, 0.2) is 0 Å². The van der Waals surface area contributed by atoms with Crippen LogP contribution in [0.1, 0.15) is 0 Å². The molecule has 0 saturated heterocycles. The molecule has 0 fully saturated rings. The van der Waals surface area contributed by atoms with E-state index in [1.165, 1.54) is 0 Å². The number of hydrogen-bond acceptors (Lipinski definition) is 7. The molecule has 0 rings (SSSR count). The van der Waals surface area contributed by atoms with Crippen LogP contribution in [0.2, 0.25) is 0 Å². The fourth-order valence-corrected chi connectivity index (χ4v) is 1.53. The Hall–Kier alpha value is -0.0900. The predicted octanol–water partition coefficient (Wildman–Crippen LogP) is -3.47. The minimum absolute atomic E-state index is 0.902. The summed E-state index contributed by atoms with van der Waals surface area (Å²) in [5.74, 6) is 0. The van der Waals surface area contributed by atoms with E-state index in [4.69, 9.17) is 30.2 Å². The molecule has 0 aliphatic heterocycles. The molecule has 0 amide bonds. The molecule has 0 aromatic rings. The van der Waals surface area contributed by atoms with Gasteiger partial charge in [0.2, 0.25) is 0 Å². The molecule has 10 heteroatoms. The maximum Gasteiger partial charge on any atom is 0.470 e. The van der Waals surface area contributed by atoms with Gasteiger partial charge in [-0.25, -0.2) is 4.57 Å². The average molecular weight is 262 g/mol.